The second-order valence-corrected chi connectivity index (χ2v) is 5.09. The molecule has 0 aliphatic carbocycles. The van der Waals surface area contributed by atoms with Gasteiger partial charge in [0.05, 0.1) is 18.7 Å². The van der Waals surface area contributed by atoms with Gasteiger partial charge in [-0.05, 0) is 31.4 Å². The van der Waals surface area contributed by atoms with Gasteiger partial charge in [-0.15, -0.1) is 0 Å². The average molecular weight is 304 g/mol. The zero-order chi connectivity index (χ0) is 13.8. The molecule has 0 bridgehead atoms. The fourth-order valence-electron chi connectivity index (χ4n) is 2.18. The number of hydrogen-bond acceptors (Lipinski definition) is 5. The van der Waals surface area contributed by atoms with Crippen LogP contribution in [0.25, 0.3) is 0 Å². The monoisotopic (exact) mass is 303 g/mol. The summed E-state index contributed by atoms with van der Waals surface area (Å²) < 4.78 is 5.06. The van der Waals surface area contributed by atoms with Gasteiger partial charge in [0, 0.05) is 13.1 Å². The average Bonchev–Trinajstić information content (AvgIpc) is 2.42. The number of nitrogens with zero attached hydrogens (tertiary/aromatic N) is 3. The van der Waals surface area contributed by atoms with E-state index in [1.807, 2.05) is 4.90 Å². The third-order valence-electron chi connectivity index (χ3n) is 3.04. The Morgan fingerprint density at radius 1 is 1.58 bits per heavy atom. The molecule has 2 heterocycles. The summed E-state index contributed by atoms with van der Waals surface area (Å²) in [4.78, 5) is 21.7. The maximum Gasteiger partial charge on any atom is 0.310 e. The summed E-state index contributed by atoms with van der Waals surface area (Å²) in [5, 5.41) is 0.589. The van der Waals surface area contributed by atoms with Crippen LogP contribution in [0.1, 0.15) is 19.8 Å². The number of esters is 1. The van der Waals surface area contributed by atoms with E-state index in [-0.39, 0.29) is 17.2 Å². The first-order valence-electron chi connectivity index (χ1n) is 6.21. The molecule has 0 aromatic carbocycles. The van der Waals surface area contributed by atoms with Gasteiger partial charge in [0.1, 0.15) is 5.02 Å². The van der Waals surface area contributed by atoms with Crippen LogP contribution in [0.4, 0.5) is 5.82 Å². The molecule has 104 valence electrons. The lowest BCUT2D eigenvalue weighted by molar-refractivity contribution is -0.148. The van der Waals surface area contributed by atoms with E-state index < -0.39 is 0 Å². The SMILES string of the molecule is CCOC(=O)C1CCCN(c2nc(Cl)ncc2Cl)C1. The van der Waals surface area contributed by atoms with Gasteiger partial charge in [-0.2, -0.15) is 4.98 Å². The number of carbonyl (C=O) groups is 1. The minimum absolute atomic E-state index is 0.140. The number of piperidine rings is 1. The van der Waals surface area contributed by atoms with Crippen LogP contribution in [-0.4, -0.2) is 35.6 Å². The zero-order valence-corrected chi connectivity index (χ0v) is 12.1. The van der Waals surface area contributed by atoms with Gasteiger partial charge in [0.15, 0.2) is 5.82 Å². The summed E-state index contributed by atoms with van der Waals surface area (Å²) in [6.45, 7) is 3.55. The van der Waals surface area contributed by atoms with Gasteiger partial charge in [-0.3, -0.25) is 4.79 Å². The Balaban J connectivity index is 2.12. The Labute approximate surface area is 121 Å². The predicted octanol–water partition coefficient (Wildman–Crippen LogP) is 2.56. The molecule has 1 aliphatic rings. The molecule has 1 aromatic heterocycles. The van der Waals surface area contributed by atoms with Crippen molar-refractivity contribution in [2.45, 2.75) is 19.8 Å². The predicted molar refractivity (Wildman–Crippen MR) is 73.6 cm³/mol. The number of ether oxygens (including phenoxy) is 1. The summed E-state index contributed by atoms with van der Waals surface area (Å²) in [6, 6.07) is 0. The third kappa shape index (κ3) is 3.48. The number of hydrogen-bond donors (Lipinski definition) is 0. The molecule has 2 rings (SSSR count). The normalized spacial score (nSPS) is 19.3. The Morgan fingerprint density at radius 3 is 3.11 bits per heavy atom. The van der Waals surface area contributed by atoms with E-state index in [0.717, 1.165) is 19.4 Å². The molecular formula is C12H15Cl2N3O2. The molecule has 0 amide bonds. The second-order valence-electron chi connectivity index (χ2n) is 4.35. The Bertz CT molecular complexity index is 470. The lowest BCUT2D eigenvalue weighted by atomic mass is 9.98. The number of rotatable bonds is 3. The first-order chi connectivity index (χ1) is 9.11. The van der Waals surface area contributed by atoms with Gasteiger partial charge < -0.3 is 9.64 Å². The molecule has 19 heavy (non-hydrogen) atoms. The Morgan fingerprint density at radius 2 is 2.37 bits per heavy atom. The van der Waals surface area contributed by atoms with Crippen molar-refractivity contribution in [2.75, 3.05) is 24.6 Å². The van der Waals surface area contributed by atoms with Crippen LogP contribution in [0.3, 0.4) is 0 Å². The van der Waals surface area contributed by atoms with E-state index >= 15 is 0 Å². The molecule has 1 aliphatic heterocycles. The van der Waals surface area contributed by atoms with Crippen molar-refractivity contribution < 1.29 is 9.53 Å². The van der Waals surface area contributed by atoms with E-state index in [9.17, 15) is 4.79 Å². The fraction of sp³-hybridized carbons (Fsp3) is 0.583. The topological polar surface area (TPSA) is 55.3 Å². The maximum atomic E-state index is 11.8. The molecule has 0 saturated carbocycles. The fourth-order valence-corrected chi connectivity index (χ4v) is 2.52. The molecule has 1 fully saturated rings. The van der Waals surface area contributed by atoms with E-state index in [1.165, 1.54) is 6.20 Å². The summed E-state index contributed by atoms with van der Waals surface area (Å²) in [5.41, 5.74) is 0. The van der Waals surface area contributed by atoms with Crippen molar-refractivity contribution in [2.24, 2.45) is 5.92 Å². The smallest absolute Gasteiger partial charge is 0.310 e. The highest BCUT2D eigenvalue weighted by Crippen LogP contribution is 2.28. The van der Waals surface area contributed by atoms with E-state index in [2.05, 4.69) is 9.97 Å². The number of anilines is 1. The van der Waals surface area contributed by atoms with E-state index in [1.54, 1.807) is 6.92 Å². The zero-order valence-electron chi connectivity index (χ0n) is 10.6. The van der Waals surface area contributed by atoms with Crippen LogP contribution in [0, 0.1) is 5.92 Å². The first-order valence-corrected chi connectivity index (χ1v) is 6.97. The Kier molecular flexibility index (Phi) is 4.82. The van der Waals surface area contributed by atoms with Crippen LogP contribution >= 0.6 is 23.2 Å². The molecule has 0 radical (unpaired) electrons. The Hall–Kier alpha value is -1.07. The molecule has 5 nitrogen and oxygen atoms in total. The summed E-state index contributed by atoms with van der Waals surface area (Å²) in [5.74, 6) is 0.276. The van der Waals surface area contributed by atoms with Gasteiger partial charge in [-0.1, -0.05) is 11.6 Å². The van der Waals surface area contributed by atoms with Crippen molar-refractivity contribution in [3.05, 3.63) is 16.5 Å². The van der Waals surface area contributed by atoms with Crippen LogP contribution in [0.15, 0.2) is 6.20 Å². The standard InChI is InChI=1S/C12H15Cl2N3O2/c1-2-19-11(18)8-4-3-5-17(7-8)10-9(13)6-15-12(14)16-10/h6,8H,2-5,7H2,1H3. The van der Waals surface area contributed by atoms with Crippen LogP contribution in [-0.2, 0) is 9.53 Å². The van der Waals surface area contributed by atoms with Gasteiger partial charge in [0.25, 0.3) is 0 Å². The van der Waals surface area contributed by atoms with Crippen LogP contribution in [0.2, 0.25) is 10.3 Å². The number of carbonyl (C=O) groups excluding carboxylic acids is 1. The third-order valence-corrected chi connectivity index (χ3v) is 3.49. The van der Waals surface area contributed by atoms with Crippen molar-refractivity contribution in [3.63, 3.8) is 0 Å². The number of aromatic nitrogens is 2. The second kappa shape index (κ2) is 6.39. The molecule has 1 unspecified atom stereocenters. The lowest BCUT2D eigenvalue weighted by Gasteiger charge is -2.32. The molecule has 1 saturated heterocycles. The lowest BCUT2D eigenvalue weighted by Crippen LogP contribution is -2.40. The highest BCUT2D eigenvalue weighted by molar-refractivity contribution is 6.33. The molecule has 0 N–H and O–H groups in total. The largest absolute Gasteiger partial charge is 0.466 e. The van der Waals surface area contributed by atoms with Gasteiger partial charge in [0.2, 0.25) is 5.28 Å². The number of halogens is 2. The summed E-state index contributed by atoms with van der Waals surface area (Å²) in [6.07, 6.45) is 3.19. The highest BCUT2D eigenvalue weighted by Gasteiger charge is 2.28. The first kappa shape index (κ1) is 14.3. The van der Waals surface area contributed by atoms with Crippen LogP contribution < -0.4 is 4.90 Å². The molecule has 0 spiro atoms. The van der Waals surface area contributed by atoms with Gasteiger partial charge in [-0.25, -0.2) is 4.98 Å². The van der Waals surface area contributed by atoms with Crippen molar-refractivity contribution >= 4 is 35.0 Å². The summed E-state index contributed by atoms with van der Waals surface area (Å²) in [7, 11) is 0. The summed E-state index contributed by atoms with van der Waals surface area (Å²) >= 11 is 11.9. The quantitative estimate of drug-likeness (QED) is 0.634. The van der Waals surface area contributed by atoms with Crippen molar-refractivity contribution in [1.29, 1.82) is 0 Å². The van der Waals surface area contributed by atoms with E-state index in [4.69, 9.17) is 27.9 Å². The molecule has 1 aromatic rings. The molecule has 7 heteroatoms. The van der Waals surface area contributed by atoms with Crippen molar-refractivity contribution in [3.8, 4) is 0 Å². The van der Waals surface area contributed by atoms with Gasteiger partial charge >= 0.3 is 5.97 Å². The maximum absolute atomic E-state index is 11.8. The molecular weight excluding hydrogens is 289 g/mol. The molecule has 1 atom stereocenters. The highest BCUT2D eigenvalue weighted by atomic mass is 35.5. The van der Waals surface area contributed by atoms with Crippen LogP contribution in [0.5, 0.6) is 0 Å². The van der Waals surface area contributed by atoms with E-state index in [0.29, 0.717) is 24.0 Å². The minimum atomic E-state index is -0.163. The van der Waals surface area contributed by atoms with Crippen molar-refractivity contribution in [1.82, 2.24) is 9.97 Å². The minimum Gasteiger partial charge on any atom is -0.466 e.